The van der Waals surface area contributed by atoms with Crippen LogP contribution in [-0.2, 0) is 33.4 Å². The number of esters is 2. The number of carbonyl (C=O) groups is 6. The first-order valence-electron chi connectivity index (χ1n) is 12.1. The smallest absolute Gasteiger partial charge is 0.329 e. The van der Waals surface area contributed by atoms with Gasteiger partial charge in [-0.1, -0.05) is 0 Å². The number of hydrogen-bond donors (Lipinski definition) is 5. The van der Waals surface area contributed by atoms with Gasteiger partial charge in [0.1, 0.15) is 23.3 Å². The summed E-state index contributed by atoms with van der Waals surface area (Å²) in [6.45, 7) is 9.93. The summed E-state index contributed by atoms with van der Waals surface area (Å²) in [6, 6.07) is -2.37. The molecule has 0 rings (SSSR count). The molecule has 1 radical (unpaired) electrons. The number of ether oxygens (including phenoxy) is 2. The molecule has 0 aliphatic carbocycles. The fourth-order valence-corrected chi connectivity index (χ4v) is 4.56. The van der Waals surface area contributed by atoms with E-state index in [2.05, 4.69) is 10.3 Å². The topological polar surface area (TPSA) is 219 Å². The third kappa shape index (κ3) is 15.8. The Bertz CT molecular complexity index is 910. The second-order valence-corrected chi connectivity index (χ2v) is 12.7. The summed E-state index contributed by atoms with van der Waals surface area (Å²) in [7, 11) is -2.50. The first-order valence-corrected chi connectivity index (χ1v) is 13.8. The van der Waals surface area contributed by atoms with Gasteiger partial charge in [-0.05, 0) is 60.4 Å². The lowest BCUT2D eigenvalue weighted by Gasteiger charge is -2.25. The molecule has 0 aromatic carbocycles. The van der Waals surface area contributed by atoms with Crippen LogP contribution >= 0.6 is 0 Å². The normalized spacial score (nSPS) is 13.1. The Morgan fingerprint density at radius 3 is 1.82 bits per heavy atom. The minimum atomic E-state index is -2.50. The summed E-state index contributed by atoms with van der Waals surface area (Å²) in [4.78, 5) is 76.2. The first kappa shape index (κ1) is 34.7. The SMILES string of the molecule is CC(C)(C)OC(=O)[C@H](CCC(=O)C=N)NC(=O)[Si](CCC(=O)C=N)NC(=O)CC[C@H](N)C(=O)OC(C)(C)C. The molecule has 0 saturated carbocycles. The van der Waals surface area contributed by atoms with E-state index in [4.69, 9.17) is 26.0 Å². The lowest BCUT2D eigenvalue weighted by atomic mass is 10.1. The van der Waals surface area contributed by atoms with Crippen molar-refractivity contribution >= 4 is 56.3 Å². The molecule has 38 heavy (non-hydrogen) atoms. The van der Waals surface area contributed by atoms with Crippen molar-refractivity contribution < 1.29 is 38.2 Å². The molecule has 0 bridgehead atoms. The van der Waals surface area contributed by atoms with E-state index in [9.17, 15) is 28.8 Å². The van der Waals surface area contributed by atoms with E-state index in [0.717, 1.165) is 0 Å². The van der Waals surface area contributed by atoms with Crippen LogP contribution in [0.2, 0.25) is 6.04 Å². The molecule has 0 aliphatic rings. The van der Waals surface area contributed by atoms with Gasteiger partial charge in [0.05, 0.1) is 12.4 Å². The Hall–Kier alpha value is -3.26. The van der Waals surface area contributed by atoms with Crippen LogP contribution < -0.4 is 16.0 Å². The van der Waals surface area contributed by atoms with E-state index in [1.54, 1.807) is 41.5 Å². The van der Waals surface area contributed by atoms with Crippen LogP contribution in [0.4, 0.5) is 4.79 Å². The Kier molecular flexibility index (Phi) is 14.5. The largest absolute Gasteiger partial charge is 0.459 e. The Morgan fingerprint density at radius 1 is 0.816 bits per heavy atom. The van der Waals surface area contributed by atoms with Crippen LogP contribution in [0.5, 0.6) is 0 Å². The zero-order valence-electron chi connectivity index (χ0n) is 22.9. The average Bonchev–Trinajstić information content (AvgIpc) is 2.79. The van der Waals surface area contributed by atoms with Crippen molar-refractivity contribution in [2.24, 2.45) is 5.73 Å². The monoisotopic (exact) mass is 554 g/mol. The Balaban J connectivity index is 5.50. The summed E-state index contributed by atoms with van der Waals surface area (Å²) >= 11 is 0. The molecular formula is C24H40N5O8Si. The molecule has 13 nitrogen and oxygen atoms in total. The number of nitrogens with one attached hydrogen (secondary N) is 4. The van der Waals surface area contributed by atoms with Gasteiger partial charge in [0, 0.05) is 19.3 Å². The summed E-state index contributed by atoms with van der Waals surface area (Å²) in [6.07, 6.45) is 0.429. The third-order valence-electron chi connectivity index (χ3n) is 4.58. The van der Waals surface area contributed by atoms with Crippen LogP contribution in [-0.4, -0.2) is 79.6 Å². The first-order chi connectivity index (χ1) is 17.4. The van der Waals surface area contributed by atoms with Gasteiger partial charge in [-0.15, -0.1) is 0 Å². The van der Waals surface area contributed by atoms with Gasteiger partial charge >= 0.3 is 11.9 Å². The fraction of sp³-hybridized carbons (Fsp3) is 0.667. The summed E-state index contributed by atoms with van der Waals surface area (Å²) in [5, 5.41) is 16.6. The quantitative estimate of drug-likeness (QED) is 0.105. The predicted octanol–water partition coefficient (Wildman–Crippen LogP) is 1.15. The standard InChI is InChI=1S/C24H40N5O8Si/c1-23(2,3)36-20(33)17(27)8-10-19(32)29-38(12-11-16(31)14-26)22(35)28-18(9-7-15(30)13-25)21(34)37-24(4,5)6/h13-14,17-18,25-26H,7-12,27H2,1-6H3,(H,28,35)(H,29,32)/t17-,18-/m0/s1. The zero-order valence-corrected chi connectivity index (χ0v) is 23.9. The van der Waals surface area contributed by atoms with E-state index in [0.29, 0.717) is 12.4 Å². The molecule has 0 aromatic rings. The van der Waals surface area contributed by atoms with Gasteiger partial charge in [0.15, 0.2) is 11.6 Å². The Labute approximate surface area is 224 Å². The predicted molar refractivity (Wildman–Crippen MR) is 141 cm³/mol. The molecule has 6 N–H and O–H groups in total. The van der Waals surface area contributed by atoms with Gasteiger partial charge in [0.2, 0.25) is 11.4 Å². The molecule has 0 fully saturated rings. The van der Waals surface area contributed by atoms with Crippen molar-refractivity contribution in [3.05, 3.63) is 0 Å². The third-order valence-corrected chi connectivity index (χ3v) is 6.60. The summed E-state index contributed by atoms with van der Waals surface area (Å²) < 4.78 is 10.5. The number of Topliss-reactive ketones (excluding diaryl/α,β-unsaturated/α-hetero) is 2. The second kappa shape index (κ2) is 15.9. The van der Waals surface area contributed by atoms with E-state index in [1.807, 2.05) is 0 Å². The molecule has 213 valence electrons. The van der Waals surface area contributed by atoms with Gasteiger partial charge < -0.3 is 36.3 Å². The molecule has 0 aliphatic heterocycles. The van der Waals surface area contributed by atoms with Gasteiger partial charge in [-0.3, -0.25) is 24.0 Å². The highest BCUT2D eigenvalue weighted by molar-refractivity contribution is 6.89. The maximum atomic E-state index is 13.1. The van der Waals surface area contributed by atoms with Crippen LogP contribution in [0.15, 0.2) is 0 Å². The van der Waals surface area contributed by atoms with E-state index in [1.165, 1.54) is 0 Å². The number of ketones is 2. The maximum absolute atomic E-state index is 13.1. The lowest BCUT2D eigenvalue weighted by molar-refractivity contribution is -0.158. The lowest BCUT2D eigenvalue weighted by Crippen LogP contribution is -2.55. The van der Waals surface area contributed by atoms with Crippen LogP contribution in [0.25, 0.3) is 0 Å². The van der Waals surface area contributed by atoms with E-state index < -0.39 is 67.2 Å². The number of rotatable bonds is 16. The zero-order chi connectivity index (χ0) is 29.7. The highest BCUT2D eigenvalue weighted by Crippen LogP contribution is 2.12. The number of carbonyl (C=O) groups excluding carboxylic acids is 6. The number of nitrogens with two attached hydrogens (primary N) is 1. The van der Waals surface area contributed by atoms with Gasteiger partial charge in [0.25, 0.3) is 8.96 Å². The Morgan fingerprint density at radius 2 is 1.32 bits per heavy atom. The molecule has 0 unspecified atom stereocenters. The van der Waals surface area contributed by atoms with Crippen LogP contribution in [0, 0.1) is 10.8 Å². The van der Waals surface area contributed by atoms with Crippen molar-refractivity contribution in [3.8, 4) is 0 Å². The van der Waals surface area contributed by atoms with Gasteiger partial charge in [-0.2, -0.15) is 0 Å². The summed E-state index contributed by atoms with van der Waals surface area (Å²) in [5.74, 6) is -3.17. The van der Waals surface area contributed by atoms with Crippen molar-refractivity contribution in [1.82, 2.24) is 10.3 Å². The highest BCUT2D eigenvalue weighted by atomic mass is 28.3. The number of amides is 2. The molecule has 0 aromatic heterocycles. The molecule has 0 saturated heterocycles. The van der Waals surface area contributed by atoms with Crippen LogP contribution in [0.1, 0.15) is 73.6 Å². The number of hydrogen-bond acceptors (Lipinski definition) is 11. The fourth-order valence-electron chi connectivity index (χ4n) is 2.79. The van der Waals surface area contributed by atoms with Crippen LogP contribution in [0.3, 0.4) is 0 Å². The summed E-state index contributed by atoms with van der Waals surface area (Å²) in [5.41, 5.74) is 3.47. The maximum Gasteiger partial charge on any atom is 0.329 e. The second-order valence-electron chi connectivity index (χ2n) is 10.5. The minimum Gasteiger partial charge on any atom is -0.459 e. The highest BCUT2D eigenvalue weighted by Gasteiger charge is 2.32. The van der Waals surface area contributed by atoms with Crippen molar-refractivity contribution in [2.45, 2.75) is 103 Å². The van der Waals surface area contributed by atoms with Gasteiger partial charge in [-0.25, -0.2) is 4.79 Å². The molecule has 2 amide bonds. The van der Waals surface area contributed by atoms with E-state index in [-0.39, 0.29) is 38.1 Å². The van der Waals surface area contributed by atoms with Crippen molar-refractivity contribution in [2.75, 3.05) is 0 Å². The molecule has 0 heterocycles. The van der Waals surface area contributed by atoms with E-state index >= 15 is 0 Å². The molecule has 2 atom stereocenters. The molecule has 14 heteroatoms. The molecular weight excluding hydrogens is 514 g/mol. The average molecular weight is 555 g/mol. The molecule has 0 spiro atoms. The minimum absolute atomic E-state index is 0.0524. The van der Waals surface area contributed by atoms with Crippen molar-refractivity contribution in [1.29, 1.82) is 10.8 Å². The van der Waals surface area contributed by atoms with Crippen molar-refractivity contribution in [3.63, 3.8) is 0 Å².